The number of carbonyl (C=O) groups is 1. The number of hydrogen-bond donors (Lipinski definition) is 0. The van der Waals surface area contributed by atoms with Gasteiger partial charge in [-0.05, 0) is 42.0 Å². The summed E-state index contributed by atoms with van der Waals surface area (Å²) in [5.41, 5.74) is 2.72. The second-order valence-corrected chi connectivity index (χ2v) is 5.48. The molecule has 0 radical (unpaired) electrons. The molecular weight excluding hydrogens is 298 g/mol. The van der Waals surface area contributed by atoms with Crippen molar-refractivity contribution in [2.75, 3.05) is 7.11 Å². The third-order valence-electron chi connectivity index (χ3n) is 3.83. The summed E-state index contributed by atoms with van der Waals surface area (Å²) in [5, 5.41) is 0. The van der Waals surface area contributed by atoms with Crippen molar-refractivity contribution >= 4 is 5.78 Å². The lowest BCUT2D eigenvalue weighted by molar-refractivity contribution is 0.104. The molecule has 0 fully saturated rings. The van der Waals surface area contributed by atoms with Gasteiger partial charge >= 0.3 is 0 Å². The molecule has 1 aliphatic rings. The molecular formula is C21H19NO2. The number of ketones is 1. The number of benzene rings is 2. The van der Waals surface area contributed by atoms with Crippen LogP contribution in [0.2, 0.25) is 0 Å². The summed E-state index contributed by atoms with van der Waals surface area (Å²) in [6, 6.07) is 17.3. The van der Waals surface area contributed by atoms with Crippen molar-refractivity contribution in [2.45, 2.75) is 6.54 Å². The maximum Gasteiger partial charge on any atom is 0.187 e. The van der Waals surface area contributed by atoms with Crippen LogP contribution < -0.4 is 4.74 Å². The molecule has 3 nitrogen and oxygen atoms in total. The van der Waals surface area contributed by atoms with Crippen molar-refractivity contribution in [2.24, 2.45) is 0 Å². The molecule has 0 bridgehead atoms. The minimum absolute atomic E-state index is 0.0225. The summed E-state index contributed by atoms with van der Waals surface area (Å²) < 4.78 is 5.13. The van der Waals surface area contributed by atoms with Crippen LogP contribution in [-0.2, 0) is 6.54 Å². The predicted octanol–water partition coefficient (Wildman–Crippen LogP) is 4.35. The number of carbonyl (C=O) groups excluding carboxylic acids is 1. The Labute approximate surface area is 142 Å². The van der Waals surface area contributed by atoms with E-state index in [1.165, 1.54) is 5.56 Å². The smallest absolute Gasteiger partial charge is 0.187 e. The number of rotatable bonds is 5. The van der Waals surface area contributed by atoms with Gasteiger partial charge in [0.25, 0.3) is 0 Å². The van der Waals surface area contributed by atoms with E-state index in [4.69, 9.17) is 4.74 Å². The van der Waals surface area contributed by atoms with Crippen LogP contribution in [0.25, 0.3) is 0 Å². The van der Waals surface area contributed by atoms with Gasteiger partial charge < -0.3 is 9.64 Å². The molecule has 1 heterocycles. The molecule has 2 aromatic rings. The fourth-order valence-corrected chi connectivity index (χ4v) is 2.52. The molecule has 0 saturated heterocycles. The monoisotopic (exact) mass is 317 g/mol. The maximum absolute atomic E-state index is 12.5. The Morgan fingerprint density at radius 3 is 2.50 bits per heavy atom. The van der Waals surface area contributed by atoms with Gasteiger partial charge in [-0.25, -0.2) is 0 Å². The Bertz CT molecular complexity index is 786. The van der Waals surface area contributed by atoms with Crippen molar-refractivity contribution in [1.29, 1.82) is 0 Å². The van der Waals surface area contributed by atoms with Gasteiger partial charge in [-0.1, -0.05) is 36.4 Å². The van der Waals surface area contributed by atoms with Gasteiger partial charge in [-0.2, -0.15) is 0 Å². The molecule has 0 N–H and O–H groups in total. The van der Waals surface area contributed by atoms with Gasteiger partial charge in [0.1, 0.15) is 5.75 Å². The summed E-state index contributed by atoms with van der Waals surface area (Å²) in [6.45, 7) is 0.726. The van der Waals surface area contributed by atoms with Gasteiger partial charge in [0, 0.05) is 30.1 Å². The van der Waals surface area contributed by atoms with Gasteiger partial charge in [-0.3, -0.25) is 4.79 Å². The van der Waals surface area contributed by atoms with Crippen LogP contribution in [0.4, 0.5) is 0 Å². The van der Waals surface area contributed by atoms with Crippen LogP contribution in [0.15, 0.2) is 90.8 Å². The summed E-state index contributed by atoms with van der Waals surface area (Å²) in [5.74, 6) is 0.719. The van der Waals surface area contributed by atoms with Crippen LogP contribution >= 0.6 is 0 Å². The Morgan fingerprint density at radius 1 is 1.04 bits per heavy atom. The first-order valence-corrected chi connectivity index (χ1v) is 7.82. The van der Waals surface area contributed by atoms with Crippen molar-refractivity contribution in [1.82, 2.24) is 4.90 Å². The molecule has 1 aliphatic heterocycles. The topological polar surface area (TPSA) is 29.5 Å². The lowest BCUT2D eigenvalue weighted by Gasteiger charge is -2.23. The van der Waals surface area contributed by atoms with Crippen molar-refractivity contribution in [3.63, 3.8) is 0 Å². The van der Waals surface area contributed by atoms with E-state index in [1.807, 2.05) is 42.6 Å². The molecule has 0 spiro atoms. The lowest BCUT2D eigenvalue weighted by atomic mass is 10.1. The zero-order valence-electron chi connectivity index (χ0n) is 13.6. The zero-order valence-corrected chi connectivity index (χ0v) is 13.6. The van der Waals surface area contributed by atoms with Crippen LogP contribution in [0, 0.1) is 0 Å². The van der Waals surface area contributed by atoms with Gasteiger partial charge in [0.15, 0.2) is 5.78 Å². The van der Waals surface area contributed by atoms with Crippen molar-refractivity contribution < 1.29 is 9.53 Å². The zero-order chi connectivity index (χ0) is 16.8. The molecule has 0 aliphatic carbocycles. The average molecular weight is 317 g/mol. The molecule has 0 unspecified atom stereocenters. The summed E-state index contributed by atoms with van der Waals surface area (Å²) in [7, 11) is 1.61. The number of hydrogen-bond acceptors (Lipinski definition) is 3. The Morgan fingerprint density at radius 2 is 1.79 bits per heavy atom. The van der Waals surface area contributed by atoms with Crippen LogP contribution in [0.3, 0.4) is 0 Å². The fourth-order valence-electron chi connectivity index (χ4n) is 2.52. The Balaban J connectivity index is 1.79. The van der Waals surface area contributed by atoms with Crippen LogP contribution in [0.5, 0.6) is 5.75 Å². The molecule has 120 valence electrons. The van der Waals surface area contributed by atoms with E-state index in [-0.39, 0.29) is 5.78 Å². The lowest BCUT2D eigenvalue weighted by Crippen LogP contribution is -2.17. The SMILES string of the molecule is COc1ccc(C(=O)/C=C2\C=CC=CN2Cc2ccccc2)cc1. The summed E-state index contributed by atoms with van der Waals surface area (Å²) in [4.78, 5) is 14.6. The molecule has 24 heavy (non-hydrogen) atoms. The highest BCUT2D eigenvalue weighted by atomic mass is 16.5. The minimum atomic E-state index is -0.0225. The van der Waals surface area contributed by atoms with Gasteiger partial charge in [-0.15, -0.1) is 0 Å². The third-order valence-corrected chi connectivity index (χ3v) is 3.83. The van der Waals surface area contributed by atoms with E-state index in [0.29, 0.717) is 5.56 Å². The minimum Gasteiger partial charge on any atom is -0.497 e. The van der Waals surface area contributed by atoms with Crippen LogP contribution in [0.1, 0.15) is 15.9 Å². The molecule has 0 saturated carbocycles. The van der Waals surface area contributed by atoms with Crippen molar-refractivity contribution in [3.05, 3.63) is 102 Å². The van der Waals surface area contributed by atoms with E-state index in [0.717, 1.165) is 18.0 Å². The quantitative estimate of drug-likeness (QED) is 0.606. The standard InChI is InChI=1S/C21H19NO2/c1-24-20-12-10-18(11-13-20)21(23)15-19-9-5-6-14-22(19)16-17-7-3-2-4-8-17/h2-15H,16H2,1H3/b19-15+. The normalized spacial score (nSPS) is 14.9. The molecule has 0 aromatic heterocycles. The second kappa shape index (κ2) is 7.47. The maximum atomic E-state index is 12.5. The molecule has 0 atom stereocenters. The molecule has 0 amide bonds. The highest BCUT2D eigenvalue weighted by Crippen LogP contribution is 2.18. The number of allylic oxidation sites excluding steroid dienone is 4. The predicted molar refractivity (Wildman–Crippen MR) is 95.7 cm³/mol. The first kappa shape index (κ1) is 15.8. The second-order valence-electron chi connectivity index (χ2n) is 5.48. The summed E-state index contributed by atoms with van der Waals surface area (Å²) >= 11 is 0. The van der Waals surface area contributed by atoms with E-state index >= 15 is 0 Å². The number of ether oxygens (including phenoxy) is 1. The molecule has 2 aromatic carbocycles. The van der Waals surface area contributed by atoms with Gasteiger partial charge in [0.2, 0.25) is 0 Å². The first-order valence-electron chi connectivity index (χ1n) is 7.82. The highest BCUT2D eigenvalue weighted by Gasteiger charge is 2.11. The van der Waals surface area contributed by atoms with E-state index < -0.39 is 0 Å². The highest BCUT2D eigenvalue weighted by molar-refractivity contribution is 6.05. The fraction of sp³-hybridized carbons (Fsp3) is 0.0952. The Hall–Kier alpha value is -3.07. The van der Waals surface area contributed by atoms with E-state index in [2.05, 4.69) is 17.0 Å². The van der Waals surface area contributed by atoms with Crippen molar-refractivity contribution in [3.8, 4) is 5.75 Å². The summed E-state index contributed by atoms with van der Waals surface area (Å²) in [6.07, 6.45) is 9.52. The third kappa shape index (κ3) is 3.82. The number of nitrogens with zero attached hydrogens (tertiary/aromatic N) is 1. The first-order chi connectivity index (χ1) is 11.8. The number of methoxy groups -OCH3 is 1. The van der Waals surface area contributed by atoms with E-state index in [1.54, 1.807) is 37.5 Å². The molecule has 3 heteroatoms. The largest absolute Gasteiger partial charge is 0.497 e. The Kier molecular flexibility index (Phi) is 4.92. The van der Waals surface area contributed by atoms with E-state index in [9.17, 15) is 4.79 Å². The molecule has 3 rings (SSSR count). The average Bonchev–Trinajstić information content (AvgIpc) is 2.64. The van der Waals surface area contributed by atoms with Gasteiger partial charge in [0.05, 0.1) is 7.11 Å². The van der Waals surface area contributed by atoms with Crippen LogP contribution in [-0.4, -0.2) is 17.8 Å².